The summed E-state index contributed by atoms with van der Waals surface area (Å²) < 4.78 is 0. The Morgan fingerprint density at radius 2 is 1.92 bits per heavy atom. The average Bonchev–Trinajstić information content (AvgIpc) is 2.02. The van der Waals surface area contributed by atoms with Crippen LogP contribution in [0.25, 0.3) is 0 Å². The first-order valence-corrected chi connectivity index (χ1v) is 5.89. The molecule has 0 N–H and O–H groups in total. The number of rotatable bonds is 1. The molecule has 0 aromatic rings. The summed E-state index contributed by atoms with van der Waals surface area (Å²) >= 11 is 0. The summed E-state index contributed by atoms with van der Waals surface area (Å²) in [5, 5.41) is 0. The number of hydrogen-bond donors (Lipinski definition) is 0. The first-order chi connectivity index (χ1) is 6.13. The Morgan fingerprint density at radius 1 is 1.23 bits per heavy atom. The van der Waals surface area contributed by atoms with Crippen LogP contribution in [0.5, 0.6) is 0 Å². The van der Waals surface area contributed by atoms with Crippen LogP contribution in [-0.4, -0.2) is 23.5 Å². The quantitative estimate of drug-likeness (QED) is 0.601. The molecule has 0 bridgehead atoms. The van der Waals surface area contributed by atoms with Crippen molar-refractivity contribution in [2.24, 2.45) is 5.41 Å². The molecule has 2 aliphatic rings. The first-order valence-electron chi connectivity index (χ1n) is 5.89. The molecule has 1 atom stereocenters. The van der Waals surface area contributed by atoms with Crippen molar-refractivity contribution in [1.82, 2.24) is 4.90 Å². The van der Waals surface area contributed by atoms with Crippen LogP contribution in [0.15, 0.2) is 0 Å². The van der Waals surface area contributed by atoms with Crippen LogP contribution in [0.1, 0.15) is 52.9 Å². The third kappa shape index (κ3) is 1.63. The second kappa shape index (κ2) is 3.27. The minimum absolute atomic E-state index is 0.743. The molecule has 1 heterocycles. The summed E-state index contributed by atoms with van der Waals surface area (Å²) in [7, 11) is 0. The third-order valence-electron chi connectivity index (χ3n) is 4.25. The smallest absolute Gasteiger partial charge is 0.00700 e. The van der Waals surface area contributed by atoms with Crippen molar-refractivity contribution >= 4 is 0 Å². The van der Waals surface area contributed by atoms with E-state index in [0.717, 1.165) is 17.5 Å². The average molecular weight is 181 g/mol. The lowest BCUT2D eigenvalue weighted by Gasteiger charge is -2.52. The van der Waals surface area contributed by atoms with Crippen molar-refractivity contribution in [2.75, 3.05) is 6.54 Å². The van der Waals surface area contributed by atoms with Gasteiger partial charge in [-0.1, -0.05) is 6.42 Å². The Morgan fingerprint density at radius 3 is 2.38 bits per heavy atom. The summed E-state index contributed by atoms with van der Waals surface area (Å²) in [4.78, 5) is 2.71. The maximum Gasteiger partial charge on any atom is 0.00700 e. The van der Waals surface area contributed by atoms with Crippen LogP contribution in [0.3, 0.4) is 0 Å². The zero-order valence-electron chi connectivity index (χ0n) is 9.34. The fraction of sp³-hybridized carbons (Fsp3) is 1.00. The fourth-order valence-electron chi connectivity index (χ4n) is 3.08. The van der Waals surface area contributed by atoms with E-state index in [-0.39, 0.29) is 0 Å². The molecular weight excluding hydrogens is 158 g/mol. The summed E-state index contributed by atoms with van der Waals surface area (Å²) in [5.41, 5.74) is 0.761. The van der Waals surface area contributed by atoms with Crippen molar-refractivity contribution in [3.63, 3.8) is 0 Å². The molecule has 1 aliphatic carbocycles. The van der Waals surface area contributed by atoms with Gasteiger partial charge < -0.3 is 0 Å². The Hall–Kier alpha value is -0.0400. The van der Waals surface area contributed by atoms with E-state index in [1.165, 1.54) is 38.6 Å². The standard InChI is InChI=1S/C12H23N/c1-10(2)13-9-12(6-4-7-12)8-5-11(13)3/h10-11H,4-9H2,1-3H3/t11-/m1/s1. The lowest BCUT2D eigenvalue weighted by molar-refractivity contribution is -0.0215. The van der Waals surface area contributed by atoms with Gasteiger partial charge in [0.2, 0.25) is 0 Å². The van der Waals surface area contributed by atoms with E-state index < -0.39 is 0 Å². The van der Waals surface area contributed by atoms with Crippen LogP contribution in [0.2, 0.25) is 0 Å². The van der Waals surface area contributed by atoms with Gasteiger partial charge in [0.05, 0.1) is 0 Å². The highest BCUT2D eigenvalue weighted by atomic mass is 15.2. The number of piperidine rings is 1. The normalized spacial score (nSPS) is 33.7. The zero-order valence-corrected chi connectivity index (χ0v) is 9.34. The van der Waals surface area contributed by atoms with E-state index in [0.29, 0.717) is 0 Å². The molecule has 1 heteroatoms. The Kier molecular flexibility index (Phi) is 2.39. The second-order valence-electron chi connectivity index (χ2n) is 5.51. The van der Waals surface area contributed by atoms with Crippen LogP contribution in [0, 0.1) is 5.41 Å². The summed E-state index contributed by atoms with van der Waals surface area (Å²) in [6.45, 7) is 8.46. The molecule has 0 aromatic heterocycles. The highest BCUT2D eigenvalue weighted by Crippen LogP contribution is 2.48. The van der Waals surface area contributed by atoms with Crippen molar-refractivity contribution in [3.8, 4) is 0 Å². The number of likely N-dealkylation sites (tertiary alicyclic amines) is 1. The molecule has 1 aliphatic heterocycles. The minimum Gasteiger partial charge on any atom is -0.298 e. The van der Waals surface area contributed by atoms with E-state index in [1.807, 2.05) is 0 Å². The highest BCUT2D eigenvalue weighted by Gasteiger charge is 2.42. The molecule has 2 fully saturated rings. The molecule has 1 nitrogen and oxygen atoms in total. The maximum absolute atomic E-state index is 2.71. The minimum atomic E-state index is 0.743. The van der Waals surface area contributed by atoms with Crippen LogP contribution >= 0.6 is 0 Å². The zero-order chi connectivity index (χ0) is 9.47. The van der Waals surface area contributed by atoms with Crippen LogP contribution in [0.4, 0.5) is 0 Å². The van der Waals surface area contributed by atoms with Crippen molar-refractivity contribution in [3.05, 3.63) is 0 Å². The van der Waals surface area contributed by atoms with Gasteiger partial charge in [-0.05, 0) is 51.9 Å². The van der Waals surface area contributed by atoms with Gasteiger partial charge in [0.25, 0.3) is 0 Å². The van der Waals surface area contributed by atoms with Crippen molar-refractivity contribution in [1.29, 1.82) is 0 Å². The largest absolute Gasteiger partial charge is 0.298 e. The van der Waals surface area contributed by atoms with Gasteiger partial charge >= 0.3 is 0 Å². The molecular formula is C12H23N. The van der Waals surface area contributed by atoms with E-state index >= 15 is 0 Å². The predicted molar refractivity (Wildman–Crippen MR) is 56.8 cm³/mol. The second-order valence-corrected chi connectivity index (χ2v) is 5.51. The molecule has 0 aromatic carbocycles. The van der Waals surface area contributed by atoms with Crippen LogP contribution < -0.4 is 0 Å². The summed E-state index contributed by atoms with van der Waals surface area (Å²) in [6, 6.07) is 1.57. The third-order valence-corrected chi connectivity index (χ3v) is 4.25. The molecule has 76 valence electrons. The Bertz CT molecular complexity index is 182. The summed E-state index contributed by atoms with van der Waals surface area (Å²) in [5.74, 6) is 0. The molecule has 1 spiro atoms. The molecule has 0 amide bonds. The molecule has 2 rings (SSSR count). The molecule has 1 saturated heterocycles. The Labute approximate surface area is 82.5 Å². The topological polar surface area (TPSA) is 3.24 Å². The van der Waals surface area contributed by atoms with Gasteiger partial charge in [-0.25, -0.2) is 0 Å². The first kappa shape index (κ1) is 9.51. The highest BCUT2D eigenvalue weighted by molar-refractivity contribution is 4.96. The van der Waals surface area contributed by atoms with Gasteiger partial charge in [0.1, 0.15) is 0 Å². The SMILES string of the molecule is CC(C)N1CC2(CCC2)CC[C@H]1C. The van der Waals surface area contributed by atoms with E-state index in [1.54, 1.807) is 0 Å². The monoisotopic (exact) mass is 181 g/mol. The Balaban J connectivity index is 2.01. The lowest BCUT2D eigenvalue weighted by Crippen LogP contribution is -2.53. The van der Waals surface area contributed by atoms with Crippen molar-refractivity contribution in [2.45, 2.75) is 65.0 Å². The van der Waals surface area contributed by atoms with Gasteiger partial charge in [0.15, 0.2) is 0 Å². The van der Waals surface area contributed by atoms with E-state index in [2.05, 4.69) is 25.7 Å². The van der Waals surface area contributed by atoms with E-state index in [4.69, 9.17) is 0 Å². The van der Waals surface area contributed by atoms with Gasteiger partial charge in [0, 0.05) is 18.6 Å². The predicted octanol–water partition coefficient (Wildman–Crippen LogP) is 3.05. The molecule has 0 unspecified atom stereocenters. The van der Waals surface area contributed by atoms with Crippen LogP contribution in [-0.2, 0) is 0 Å². The summed E-state index contributed by atoms with van der Waals surface area (Å²) in [6.07, 6.45) is 7.42. The van der Waals surface area contributed by atoms with Gasteiger partial charge in [-0.2, -0.15) is 0 Å². The van der Waals surface area contributed by atoms with E-state index in [9.17, 15) is 0 Å². The van der Waals surface area contributed by atoms with Gasteiger partial charge in [-0.3, -0.25) is 4.90 Å². The molecule has 0 radical (unpaired) electrons. The lowest BCUT2D eigenvalue weighted by atomic mass is 9.63. The molecule has 1 saturated carbocycles. The number of hydrogen-bond acceptors (Lipinski definition) is 1. The molecule has 13 heavy (non-hydrogen) atoms. The number of nitrogens with zero attached hydrogens (tertiary/aromatic N) is 1. The maximum atomic E-state index is 2.71. The van der Waals surface area contributed by atoms with Crippen molar-refractivity contribution < 1.29 is 0 Å². The fourth-order valence-corrected chi connectivity index (χ4v) is 3.08. The van der Waals surface area contributed by atoms with Gasteiger partial charge in [-0.15, -0.1) is 0 Å².